The first kappa shape index (κ1) is 23.2. The number of carbonyl (C=O) groups is 2. The molecule has 0 spiro atoms. The fourth-order valence-electron chi connectivity index (χ4n) is 4.84. The molecule has 1 N–H and O–H groups in total. The van der Waals surface area contributed by atoms with E-state index in [9.17, 15) is 19.7 Å². The molecule has 2 aromatic rings. The summed E-state index contributed by atoms with van der Waals surface area (Å²) in [7, 11) is 0. The highest BCUT2D eigenvalue weighted by molar-refractivity contribution is 6.30. The van der Waals surface area contributed by atoms with E-state index < -0.39 is 4.92 Å². The van der Waals surface area contributed by atoms with E-state index in [0.717, 1.165) is 25.7 Å². The summed E-state index contributed by atoms with van der Waals surface area (Å²) in [4.78, 5) is 40.6. The zero-order valence-electron chi connectivity index (χ0n) is 18.3. The fourth-order valence-corrected chi connectivity index (χ4v) is 4.96. The number of anilines is 1. The van der Waals surface area contributed by atoms with Crippen molar-refractivity contribution in [1.82, 2.24) is 9.80 Å². The summed E-state index contributed by atoms with van der Waals surface area (Å²) in [5.41, 5.74) is 0.928. The van der Waals surface area contributed by atoms with Gasteiger partial charge in [0.15, 0.2) is 0 Å². The first-order chi connectivity index (χ1) is 15.9. The molecule has 0 bridgehead atoms. The van der Waals surface area contributed by atoms with Crippen molar-refractivity contribution < 1.29 is 14.5 Å². The molecular formula is C24H27ClN4O4. The third kappa shape index (κ3) is 5.51. The van der Waals surface area contributed by atoms with Gasteiger partial charge in [0.1, 0.15) is 0 Å². The third-order valence-corrected chi connectivity index (χ3v) is 6.78. The Morgan fingerprint density at radius 1 is 1.03 bits per heavy atom. The Morgan fingerprint density at radius 2 is 1.70 bits per heavy atom. The summed E-state index contributed by atoms with van der Waals surface area (Å²) in [6, 6.07) is 12.7. The van der Waals surface area contributed by atoms with Crippen LogP contribution in [0, 0.1) is 16.0 Å². The molecule has 9 heteroatoms. The van der Waals surface area contributed by atoms with Gasteiger partial charge in [0.2, 0.25) is 5.91 Å². The van der Waals surface area contributed by atoms with Crippen LogP contribution in [0.2, 0.25) is 5.02 Å². The van der Waals surface area contributed by atoms with E-state index in [0.29, 0.717) is 42.5 Å². The van der Waals surface area contributed by atoms with Crippen molar-refractivity contribution in [3.63, 3.8) is 0 Å². The van der Waals surface area contributed by atoms with Crippen LogP contribution in [0.4, 0.5) is 11.4 Å². The van der Waals surface area contributed by atoms with Crippen LogP contribution >= 0.6 is 11.6 Å². The van der Waals surface area contributed by atoms with Crippen molar-refractivity contribution in [3.8, 4) is 0 Å². The summed E-state index contributed by atoms with van der Waals surface area (Å²) < 4.78 is 0. The van der Waals surface area contributed by atoms with Gasteiger partial charge < -0.3 is 10.2 Å². The van der Waals surface area contributed by atoms with Gasteiger partial charge in [-0.25, -0.2) is 0 Å². The molecule has 2 amide bonds. The number of benzene rings is 2. The Labute approximate surface area is 197 Å². The number of non-ortho nitro benzene ring substituents is 1. The minimum atomic E-state index is -0.500. The summed E-state index contributed by atoms with van der Waals surface area (Å²) in [5, 5.41) is 14.7. The van der Waals surface area contributed by atoms with E-state index in [-0.39, 0.29) is 29.5 Å². The summed E-state index contributed by atoms with van der Waals surface area (Å²) in [5.74, 6) is 0.0420. The van der Waals surface area contributed by atoms with E-state index in [4.69, 9.17) is 11.6 Å². The average Bonchev–Trinajstić information content (AvgIpc) is 3.35. The van der Waals surface area contributed by atoms with E-state index in [1.807, 2.05) is 0 Å². The molecule has 2 fully saturated rings. The Bertz CT molecular complexity index is 1020. The largest absolute Gasteiger partial charge is 0.336 e. The van der Waals surface area contributed by atoms with Crippen LogP contribution in [0.3, 0.4) is 0 Å². The second kappa shape index (κ2) is 10.3. The molecule has 8 nitrogen and oxygen atoms in total. The molecule has 174 valence electrons. The van der Waals surface area contributed by atoms with Crippen molar-refractivity contribution in [2.75, 3.05) is 31.5 Å². The molecule has 2 aromatic carbocycles. The van der Waals surface area contributed by atoms with Gasteiger partial charge in [-0.2, -0.15) is 0 Å². The van der Waals surface area contributed by atoms with Gasteiger partial charge in [-0.05, 0) is 49.1 Å². The Hall–Kier alpha value is -2.97. The Morgan fingerprint density at radius 3 is 2.33 bits per heavy atom. The number of hydrogen-bond acceptors (Lipinski definition) is 5. The molecule has 1 atom stereocenters. The highest BCUT2D eigenvalue weighted by Crippen LogP contribution is 2.32. The van der Waals surface area contributed by atoms with Crippen LogP contribution < -0.4 is 5.32 Å². The van der Waals surface area contributed by atoms with Gasteiger partial charge in [-0.1, -0.05) is 30.5 Å². The van der Waals surface area contributed by atoms with Crippen molar-refractivity contribution in [1.29, 1.82) is 0 Å². The van der Waals surface area contributed by atoms with E-state index in [1.54, 1.807) is 35.2 Å². The number of amides is 2. The maximum absolute atomic E-state index is 13.3. The smallest absolute Gasteiger partial charge is 0.270 e. The quantitative estimate of drug-likeness (QED) is 0.504. The van der Waals surface area contributed by atoms with Gasteiger partial charge in [0.25, 0.3) is 11.6 Å². The second-order valence-electron chi connectivity index (χ2n) is 8.62. The number of nitrogens with zero attached hydrogens (tertiary/aromatic N) is 3. The third-order valence-electron chi connectivity index (χ3n) is 6.53. The number of nitrogens with one attached hydrogen (secondary N) is 1. The Kier molecular flexibility index (Phi) is 7.25. The van der Waals surface area contributed by atoms with Crippen LogP contribution in [0.5, 0.6) is 0 Å². The lowest BCUT2D eigenvalue weighted by atomic mass is 9.94. The summed E-state index contributed by atoms with van der Waals surface area (Å²) >= 11 is 5.96. The van der Waals surface area contributed by atoms with Crippen LogP contribution in [-0.2, 0) is 4.79 Å². The van der Waals surface area contributed by atoms with Crippen LogP contribution in [0.1, 0.15) is 36.0 Å². The first-order valence-corrected chi connectivity index (χ1v) is 11.6. The zero-order chi connectivity index (χ0) is 23.4. The number of nitro groups is 1. The highest BCUT2D eigenvalue weighted by atomic mass is 35.5. The van der Waals surface area contributed by atoms with Gasteiger partial charge >= 0.3 is 0 Å². The predicted molar refractivity (Wildman–Crippen MR) is 126 cm³/mol. The van der Waals surface area contributed by atoms with Crippen molar-refractivity contribution in [2.24, 2.45) is 5.92 Å². The monoisotopic (exact) mass is 470 g/mol. The molecule has 1 aliphatic heterocycles. The maximum atomic E-state index is 13.3. The lowest BCUT2D eigenvalue weighted by molar-refractivity contribution is -0.384. The number of nitro benzene ring substituents is 1. The van der Waals surface area contributed by atoms with Crippen molar-refractivity contribution >= 4 is 34.8 Å². The number of hydrogen-bond donors (Lipinski definition) is 1. The van der Waals surface area contributed by atoms with Gasteiger partial charge in [0.05, 0.1) is 11.0 Å². The molecule has 0 radical (unpaired) electrons. The first-order valence-electron chi connectivity index (χ1n) is 11.3. The summed E-state index contributed by atoms with van der Waals surface area (Å²) in [6.07, 6.45) is 4.29. The topological polar surface area (TPSA) is 95.8 Å². The maximum Gasteiger partial charge on any atom is 0.270 e. The lowest BCUT2D eigenvalue weighted by Gasteiger charge is -2.40. The molecule has 33 heavy (non-hydrogen) atoms. The summed E-state index contributed by atoms with van der Waals surface area (Å²) in [6.45, 7) is 2.10. The SMILES string of the molecule is O=C(Nc1ccc(Cl)cc1)C(C1CCCC1)N1CCN(C(=O)c2cccc([N+](=O)[O-])c2)CC1. The normalized spacial score (nSPS) is 18.2. The second-order valence-corrected chi connectivity index (χ2v) is 9.06. The van der Waals surface area contributed by atoms with Crippen LogP contribution in [-0.4, -0.2) is 58.8 Å². The zero-order valence-corrected chi connectivity index (χ0v) is 19.0. The fraction of sp³-hybridized carbons (Fsp3) is 0.417. The minimum absolute atomic E-state index is 0.0253. The molecule has 1 heterocycles. The highest BCUT2D eigenvalue weighted by Gasteiger charge is 2.37. The molecule has 2 aliphatic rings. The molecule has 1 saturated carbocycles. The van der Waals surface area contributed by atoms with E-state index >= 15 is 0 Å². The molecule has 0 aromatic heterocycles. The Balaban J connectivity index is 1.43. The lowest BCUT2D eigenvalue weighted by Crippen LogP contribution is -2.56. The van der Waals surface area contributed by atoms with E-state index in [2.05, 4.69) is 10.2 Å². The molecule has 1 saturated heterocycles. The van der Waals surface area contributed by atoms with Crippen molar-refractivity contribution in [2.45, 2.75) is 31.7 Å². The van der Waals surface area contributed by atoms with Gasteiger partial charge in [-0.15, -0.1) is 0 Å². The number of piperazine rings is 1. The van der Waals surface area contributed by atoms with Crippen LogP contribution in [0.25, 0.3) is 0 Å². The van der Waals surface area contributed by atoms with Gasteiger partial charge in [0, 0.05) is 54.6 Å². The molecule has 1 unspecified atom stereocenters. The van der Waals surface area contributed by atoms with E-state index in [1.165, 1.54) is 18.2 Å². The predicted octanol–water partition coefficient (Wildman–Crippen LogP) is 4.20. The van der Waals surface area contributed by atoms with Crippen LogP contribution in [0.15, 0.2) is 48.5 Å². The number of halogens is 1. The standard InChI is InChI=1S/C24H27ClN4O4/c25-19-8-10-20(11-9-19)26-23(30)22(17-4-1-2-5-17)27-12-14-28(15-13-27)24(31)18-6-3-7-21(16-18)29(32)33/h3,6-11,16-17,22H,1-2,4-5,12-15H2,(H,26,30). The van der Waals surface area contributed by atoms with Crippen molar-refractivity contribution in [3.05, 3.63) is 69.2 Å². The molecule has 4 rings (SSSR count). The average molecular weight is 471 g/mol. The number of rotatable bonds is 6. The molecular weight excluding hydrogens is 444 g/mol. The minimum Gasteiger partial charge on any atom is -0.336 e. The molecule has 1 aliphatic carbocycles. The number of carbonyl (C=O) groups excluding carboxylic acids is 2. The van der Waals surface area contributed by atoms with Gasteiger partial charge in [-0.3, -0.25) is 24.6 Å².